The van der Waals surface area contributed by atoms with E-state index in [1.54, 1.807) is 6.07 Å². The van der Waals surface area contributed by atoms with Gasteiger partial charge in [-0.25, -0.2) is 0 Å². The number of anilines is 1. The standard InChI is InChI=1S/C12H16N2O3/c1-3-17-11-6-9(13-12-4-8(12)2)5-10(7-11)14(15)16/h5-8,12-13H,3-4H2,1-2H3. The van der Waals surface area contributed by atoms with Gasteiger partial charge in [-0.1, -0.05) is 6.92 Å². The first-order valence-electron chi connectivity index (χ1n) is 5.79. The van der Waals surface area contributed by atoms with Crippen LogP contribution < -0.4 is 10.1 Å². The number of nitrogens with one attached hydrogen (secondary N) is 1. The van der Waals surface area contributed by atoms with Gasteiger partial charge in [-0.2, -0.15) is 0 Å². The Labute approximate surface area is 99.9 Å². The van der Waals surface area contributed by atoms with Crippen molar-refractivity contribution < 1.29 is 9.66 Å². The number of hydrogen-bond donors (Lipinski definition) is 1. The summed E-state index contributed by atoms with van der Waals surface area (Å²) in [4.78, 5) is 10.4. The van der Waals surface area contributed by atoms with Crippen molar-refractivity contribution in [2.75, 3.05) is 11.9 Å². The second-order valence-electron chi connectivity index (χ2n) is 4.37. The molecule has 0 radical (unpaired) electrons. The zero-order chi connectivity index (χ0) is 12.4. The van der Waals surface area contributed by atoms with Crippen LogP contribution in [-0.4, -0.2) is 17.6 Å². The number of rotatable bonds is 5. The third-order valence-electron chi connectivity index (χ3n) is 2.87. The number of ether oxygens (including phenoxy) is 1. The molecule has 0 bridgehead atoms. The lowest BCUT2D eigenvalue weighted by atomic mass is 10.2. The zero-order valence-corrected chi connectivity index (χ0v) is 9.97. The van der Waals surface area contributed by atoms with Crippen molar-refractivity contribution in [3.63, 3.8) is 0 Å². The van der Waals surface area contributed by atoms with Crippen LogP contribution in [0.4, 0.5) is 11.4 Å². The molecule has 2 atom stereocenters. The Kier molecular flexibility index (Phi) is 3.17. The van der Waals surface area contributed by atoms with E-state index in [1.165, 1.54) is 6.07 Å². The van der Waals surface area contributed by atoms with E-state index in [4.69, 9.17) is 4.74 Å². The van der Waals surface area contributed by atoms with E-state index in [0.29, 0.717) is 24.3 Å². The lowest BCUT2D eigenvalue weighted by molar-refractivity contribution is -0.384. The summed E-state index contributed by atoms with van der Waals surface area (Å²) in [5.41, 5.74) is 0.823. The molecule has 0 spiro atoms. The molecule has 2 unspecified atom stereocenters. The first kappa shape index (κ1) is 11.7. The number of benzene rings is 1. The fourth-order valence-corrected chi connectivity index (χ4v) is 1.76. The Balaban J connectivity index is 2.20. The Morgan fingerprint density at radius 3 is 2.76 bits per heavy atom. The highest BCUT2D eigenvalue weighted by Gasteiger charge is 2.32. The molecule has 1 aliphatic carbocycles. The third-order valence-corrected chi connectivity index (χ3v) is 2.87. The lowest BCUT2D eigenvalue weighted by Crippen LogP contribution is -2.04. The summed E-state index contributed by atoms with van der Waals surface area (Å²) in [6.07, 6.45) is 1.12. The summed E-state index contributed by atoms with van der Waals surface area (Å²) < 4.78 is 5.32. The molecule has 0 aromatic heterocycles. The normalized spacial score (nSPS) is 22.0. The molecule has 17 heavy (non-hydrogen) atoms. The summed E-state index contributed by atoms with van der Waals surface area (Å²) in [6, 6.07) is 5.24. The third kappa shape index (κ3) is 2.87. The van der Waals surface area contributed by atoms with Crippen LogP contribution in [0.25, 0.3) is 0 Å². The van der Waals surface area contributed by atoms with Gasteiger partial charge in [0.05, 0.1) is 17.6 Å². The first-order valence-corrected chi connectivity index (χ1v) is 5.79. The van der Waals surface area contributed by atoms with Crippen LogP contribution in [0.15, 0.2) is 18.2 Å². The Morgan fingerprint density at radius 2 is 2.24 bits per heavy atom. The Bertz CT molecular complexity index is 434. The molecule has 1 aromatic carbocycles. The molecule has 92 valence electrons. The Morgan fingerprint density at radius 1 is 1.53 bits per heavy atom. The molecule has 1 aromatic rings. The van der Waals surface area contributed by atoms with Crippen LogP contribution >= 0.6 is 0 Å². The fraction of sp³-hybridized carbons (Fsp3) is 0.500. The second kappa shape index (κ2) is 4.61. The molecule has 0 saturated heterocycles. The lowest BCUT2D eigenvalue weighted by Gasteiger charge is -2.08. The van der Waals surface area contributed by atoms with E-state index in [0.717, 1.165) is 12.1 Å². The minimum atomic E-state index is -0.399. The van der Waals surface area contributed by atoms with Gasteiger partial charge in [0, 0.05) is 23.9 Å². The molecule has 1 N–H and O–H groups in total. The summed E-state index contributed by atoms with van der Waals surface area (Å²) in [6.45, 7) is 4.51. The van der Waals surface area contributed by atoms with E-state index in [2.05, 4.69) is 12.2 Å². The van der Waals surface area contributed by atoms with E-state index in [9.17, 15) is 10.1 Å². The highest BCUT2D eigenvalue weighted by Crippen LogP contribution is 2.35. The predicted octanol–water partition coefficient (Wildman–Crippen LogP) is 2.81. The summed E-state index contributed by atoms with van der Waals surface area (Å²) >= 11 is 0. The summed E-state index contributed by atoms with van der Waals surface area (Å²) in [5.74, 6) is 1.18. The predicted molar refractivity (Wildman–Crippen MR) is 65.5 cm³/mol. The van der Waals surface area contributed by atoms with Gasteiger partial charge in [0.25, 0.3) is 5.69 Å². The average molecular weight is 236 g/mol. The second-order valence-corrected chi connectivity index (χ2v) is 4.37. The molecule has 2 rings (SSSR count). The van der Waals surface area contributed by atoms with E-state index in [1.807, 2.05) is 13.0 Å². The summed E-state index contributed by atoms with van der Waals surface area (Å²) in [5, 5.41) is 14.1. The van der Waals surface area contributed by atoms with Crippen molar-refractivity contribution in [1.29, 1.82) is 0 Å². The summed E-state index contributed by atoms with van der Waals surface area (Å²) in [7, 11) is 0. The SMILES string of the molecule is CCOc1cc(NC2CC2C)cc([N+](=O)[O-])c1. The van der Waals surface area contributed by atoms with Crippen LogP contribution in [0.3, 0.4) is 0 Å². The smallest absolute Gasteiger partial charge is 0.275 e. The number of hydrogen-bond acceptors (Lipinski definition) is 4. The van der Waals surface area contributed by atoms with Gasteiger partial charge < -0.3 is 10.1 Å². The van der Waals surface area contributed by atoms with Gasteiger partial charge in [0.1, 0.15) is 5.75 Å². The van der Waals surface area contributed by atoms with Gasteiger partial charge in [-0.05, 0) is 19.3 Å². The maximum atomic E-state index is 10.8. The molecular formula is C12H16N2O3. The maximum absolute atomic E-state index is 10.8. The first-order chi connectivity index (χ1) is 8.10. The molecule has 1 saturated carbocycles. The van der Waals surface area contributed by atoms with Crippen molar-refractivity contribution in [2.24, 2.45) is 5.92 Å². The largest absolute Gasteiger partial charge is 0.494 e. The minimum Gasteiger partial charge on any atom is -0.494 e. The fourth-order valence-electron chi connectivity index (χ4n) is 1.76. The Hall–Kier alpha value is -1.78. The number of non-ortho nitro benzene ring substituents is 1. The molecule has 0 amide bonds. The minimum absolute atomic E-state index is 0.0618. The highest BCUT2D eigenvalue weighted by molar-refractivity contribution is 5.57. The number of nitro benzene ring substituents is 1. The van der Waals surface area contributed by atoms with Gasteiger partial charge in [-0.15, -0.1) is 0 Å². The highest BCUT2D eigenvalue weighted by atomic mass is 16.6. The van der Waals surface area contributed by atoms with Gasteiger partial charge >= 0.3 is 0 Å². The van der Waals surface area contributed by atoms with Crippen molar-refractivity contribution in [3.8, 4) is 5.75 Å². The van der Waals surface area contributed by atoms with E-state index in [-0.39, 0.29) is 5.69 Å². The number of nitro groups is 1. The maximum Gasteiger partial charge on any atom is 0.275 e. The monoisotopic (exact) mass is 236 g/mol. The van der Waals surface area contributed by atoms with Crippen molar-refractivity contribution in [1.82, 2.24) is 0 Å². The van der Waals surface area contributed by atoms with Crippen molar-refractivity contribution in [2.45, 2.75) is 26.3 Å². The van der Waals surface area contributed by atoms with E-state index >= 15 is 0 Å². The quantitative estimate of drug-likeness (QED) is 0.630. The molecule has 0 aliphatic heterocycles. The molecule has 5 nitrogen and oxygen atoms in total. The number of nitrogens with zero attached hydrogens (tertiary/aromatic N) is 1. The van der Waals surface area contributed by atoms with Crippen LogP contribution in [0, 0.1) is 16.0 Å². The molecular weight excluding hydrogens is 220 g/mol. The van der Waals surface area contributed by atoms with Crippen LogP contribution in [-0.2, 0) is 0 Å². The van der Waals surface area contributed by atoms with Gasteiger partial charge in [0.15, 0.2) is 0 Å². The van der Waals surface area contributed by atoms with Gasteiger partial charge in [-0.3, -0.25) is 10.1 Å². The molecule has 1 fully saturated rings. The van der Waals surface area contributed by atoms with Crippen molar-refractivity contribution in [3.05, 3.63) is 28.3 Å². The van der Waals surface area contributed by atoms with E-state index < -0.39 is 4.92 Å². The van der Waals surface area contributed by atoms with Gasteiger partial charge in [0.2, 0.25) is 0 Å². The topological polar surface area (TPSA) is 64.4 Å². The molecule has 1 aliphatic rings. The van der Waals surface area contributed by atoms with Crippen LogP contribution in [0.2, 0.25) is 0 Å². The molecule has 0 heterocycles. The van der Waals surface area contributed by atoms with Crippen LogP contribution in [0.1, 0.15) is 20.3 Å². The molecule has 5 heteroatoms. The zero-order valence-electron chi connectivity index (χ0n) is 9.97. The van der Waals surface area contributed by atoms with Crippen LogP contribution in [0.5, 0.6) is 5.75 Å². The van der Waals surface area contributed by atoms with Crippen molar-refractivity contribution >= 4 is 11.4 Å². The average Bonchev–Trinajstić information content (AvgIpc) is 2.94.